The van der Waals surface area contributed by atoms with Crippen molar-refractivity contribution in [2.45, 2.75) is 69.8 Å². The summed E-state index contributed by atoms with van der Waals surface area (Å²) in [6.45, 7) is 2.34. The van der Waals surface area contributed by atoms with Gasteiger partial charge in [0, 0.05) is 23.4 Å². The highest BCUT2D eigenvalue weighted by atomic mass is 35.5. The quantitative estimate of drug-likeness (QED) is 0.419. The number of rotatable bonds is 11. The maximum Gasteiger partial charge on any atom is 0.243 e. The number of carbonyl (C=O) groups excluding carboxylic acids is 2. The van der Waals surface area contributed by atoms with Crippen LogP contribution in [0.3, 0.4) is 0 Å². The standard InChI is InChI=1S/C27H35ClN2O3S/c1-3-25(27(32)29-23-9-5-4-6-10-23)30(17-21-8-7-11-24(16-21)33-2)26(31)19-34-18-20-12-14-22(28)15-13-20/h7-8,11-16,23,25H,3-6,9-10,17-19H2,1-2H3,(H,29,32)/t25-/m0/s1. The van der Waals surface area contributed by atoms with Crippen molar-refractivity contribution in [2.75, 3.05) is 12.9 Å². The number of nitrogens with one attached hydrogen (secondary N) is 1. The molecule has 3 rings (SSSR count). The molecule has 1 saturated carbocycles. The lowest BCUT2D eigenvalue weighted by Crippen LogP contribution is -2.52. The van der Waals surface area contributed by atoms with Crippen molar-refractivity contribution in [2.24, 2.45) is 0 Å². The topological polar surface area (TPSA) is 58.6 Å². The smallest absolute Gasteiger partial charge is 0.243 e. The zero-order chi connectivity index (χ0) is 24.3. The third-order valence-electron chi connectivity index (χ3n) is 6.23. The van der Waals surface area contributed by atoms with Crippen LogP contribution in [0.2, 0.25) is 5.02 Å². The normalized spacial score (nSPS) is 14.9. The molecular weight excluding hydrogens is 468 g/mol. The fraction of sp³-hybridized carbons (Fsp3) is 0.481. The van der Waals surface area contributed by atoms with Crippen molar-refractivity contribution >= 4 is 35.2 Å². The van der Waals surface area contributed by atoms with Crippen molar-refractivity contribution in [1.82, 2.24) is 10.2 Å². The van der Waals surface area contributed by atoms with E-state index in [2.05, 4.69) is 5.32 Å². The molecule has 1 N–H and O–H groups in total. The summed E-state index contributed by atoms with van der Waals surface area (Å²) in [7, 11) is 1.63. The zero-order valence-electron chi connectivity index (χ0n) is 20.1. The number of carbonyl (C=O) groups is 2. The van der Waals surface area contributed by atoms with Crippen molar-refractivity contribution in [3.8, 4) is 5.75 Å². The van der Waals surface area contributed by atoms with Gasteiger partial charge in [-0.05, 0) is 54.7 Å². The second-order valence-electron chi connectivity index (χ2n) is 8.76. The number of ether oxygens (including phenoxy) is 1. The van der Waals surface area contributed by atoms with Crippen LogP contribution in [-0.2, 0) is 21.9 Å². The van der Waals surface area contributed by atoms with Gasteiger partial charge in [-0.1, -0.05) is 62.1 Å². The van der Waals surface area contributed by atoms with Crippen LogP contribution in [0.15, 0.2) is 48.5 Å². The van der Waals surface area contributed by atoms with Crippen LogP contribution in [0, 0.1) is 0 Å². The first-order chi connectivity index (χ1) is 16.5. The summed E-state index contributed by atoms with van der Waals surface area (Å²) in [5.74, 6) is 1.67. The van der Waals surface area contributed by atoms with Gasteiger partial charge in [0.15, 0.2) is 0 Å². The average Bonchev–Trinajstić information content (AvgIpc) is 2.85. The highest BCUT2D eigenvalue weighted by molar-refractivity contribution is 7.99. The second-order valence-corrected chi connectivity index (χ2v) is 10.2. The van der Waals surface area contributed by atoms with E-state index in [4.69, 9.17) is 16.3 Å². The van der Waals surface area contributed by atoms with Crippen molar-refractivity contribution in [3.63, 3.8) is 0 Å². The lowest BCUT2D eigenvalue weighted by Gasteiger charge is -2.32. The Morgan fingerprint density at radius 2 is 1.85 bits per heavy atom. The Morgan fingerprint density at radius 3 is 2.53 bits per heavy atom. The molecule has 0 aromatic heterocycles. The van der Waals surface area contributed by atoms with Crippen LogP contribution in [0.1, 0.15) is 56.6 Å². The monoisotopic (exact) mass is 502 g/mol. The first kappa shape index (κ1) is 26.4. The van der Waals surface area contributed by atoms with Gasteiger partial charge in [0.05, 0.1) is 12.9 Å². The minimum Gasteiger partial charge on any atom is -0.497 e. The van der Waals surface area contributed by atoms with Crippen molar-refractivity contribution in [3.05, 3.63) is 64.7 Å². The van der Waals surface area contributed by atoms with Gasteiger partial charge in [0.25, 0.3) is 0 Å². The molecule has 0 bridgehead atoms. The molecule has 5 nitrogen and oxygen atoms in total. The summed E-state index contributed by atoms with van der Waals surface area (Å²) >= 11 is 7.52. The van der Waals surface area contributed by atoms with Crippen molar-refractivity contribution < 1.29 is 14.3 Å². The van der Waals surface area contributed by atoms with Crippen molar-refractivity contribution in [1.29, 1.82) is 0 Å². The lowest BCUT2D eigenvalue weighted by atomic mass is 9.95. The molecule has 34 heavy (non-hydrogen) atoms. The summed E-state index contributed by atoms with van der Waals surface area (Å²) in [4.78, 5) is 28.4. The highest BCUT2D eigenvalue weighted by Gasteiger charge is 2.30. The summed E-state index contributed by atoms with van der Waals surface area (Å²) in [5.41, 5.74) is 2.06. The first-order valence-electron chi connectivity index (χ1n) is 12.0. The van der Waals surface area contributed by atoms with E-state index in [0.29, 0.717) is 29.5 Å². The fourth-order valence-corrected chi connectivity index (χ4v) is 5.35. The van der Waals surface area contributed by atoms with Gasteiger partial charge in [0.2, 0.25) is 11.8 Å². The molecule has 0 heterocycles. The highest BCUT2D eigenvalue weighted by Crippen LogP contribution is 2.22. The Kier molecular flexibility index (Phi) is 10.6. The Labute approximate surface area is 212 Å². The molecule has 2 amide bonds. The van der Waals surface area contributed by atoms with E-state index >= 15 is 0 Å². The van der Waals surface area contributed by atoms with E-state index in [9.17, 15) is 9.59 Å². The molecule has 2 aromatic carbocycles. The summed E-state index contributed by atoms with van der Waals surface area (Å²) < 4.78 is 5.36. The minimum atomic E-state index is -0.503. The van der Waals surface area contributed by atoms with E-state index in [1.807, 2.05) is 55.5 Å². The van der Waals surface area contributed by atoms with Crippen LogP contribution in [0.4, 0.5) is 0 Å². The SMILES string of the molecule is CC[C@@H](C(=O)NC1CCCCC1)N(Cc1cccc(OC)c1)C(=O)CSCc1ccc(Cl)cc1. The molecule has 0 saturated heterocycles. The average molecular weight is 503 g/mol. The molecular formula is C27H35ClN2O3S. The van der Waals surface area contributed by atoms with Gasteiger partial charge in [-0.2, -0.15) is 0 Å². The molecule has 0 radical (unpaired) electrons. The lowest BCUT2D eigenvalue weighted by molar-refractivity contribution is -0.139. The van der Waals surface area contributed by atoms with Gasteiger partial charge in [0.1, 0.15) is 11.8 Å². The summed E-state index contributed by atoms with van der Waals surface area (Å²) in [6.07, 6.45) is 6.13. The zero-order valence-corrected chi connectivity index (χ0v) is 21.7. The number of thioether (sulfide) groups is 1. The Morgan fingerprint density at radius 1 is 1.12 bits per heavy atom. The molecule has 1 atom stereocenters. The maximum atomic E-state index is 13.4. The second kappa shape index (κ2) is 13.6. The minimum absolute atomic E-state index is 0.0348. The molecule has 1 aliphatic carbocycles. The number of methoxy groups -OCH3 is 1. The number of hydrogen-bond acceptors (Lipinski definition) is 4. The van der Waals surface area contributed by atoms with Crippen LogP contribution in [-0.4, -0.2) is 41.7 Å². The number of amides is 2. The van der Waals surface area contributed by atoms with Crippen LogP contribution in [0.25, 0.3) is 0 Å². The van der Waals surface area contributed by atoms with E-state index < -0.39 is 6.04 Å². The van der Waals surface area contributed by atoms with Crippen LogP contribution in [0.5, 0.6) is 5.75 Å². The molecule has 2 aromatic rings. The molecule has 0 spiro atoms. The molecule has 0 aliphatic heterocycles. The maximum absolute atomic E-state index is 13.4. The van der Waals surface area contributed by atoms with Gasteiger partial charge in [-0.3, -0.25) is 9.59 Å². The summed E-state index contributed by atoms with van der Waals surface area (Å²) in [6, 6.07) is 15.1. The predicted molar refractivity (Wildman–Crippen MR) is 140 cm³/mol. The molecule has 1 fully saturated rings. The van der Waals surface area contributed by atoms with E-state index in [1.165, 1.54) is 6.42 Å². The number of hydrogen-bond donors (Lipinski definition) is 1. The predicted octanol–water partition coefficient (Wildman–Crippen LogP) is 5.84. The number of nitrogens with zero attached hydrogens (tertiary/aromatic N) is 1. The third kappa shape index (κ3) is 7.95. The van der Waals surface area contributed by atoms with E-state index in [0.717, 1.165) is 42.6 Å². The molecule has 184 valence electrons. The van der Waals surface area contributed by atoms with Gasteiger partial charge >= 0.3 is 0 Å². The fourth-order valence-electron chi connectivity index (χ4n) is 4.35. The van der Waals surface area contributed by atoms with Gasteiger partial charge in [-0.15, -0.1) is 11.8 Å². The van der Waals surface area contributed by atoms with Gasteiger partial charge in [-0.25, -0.2) is 0 Å². The van der Waals surface area contributed by atoms with Crippen LogP contribution < -0.4 is 10.1 Å². The van der Waals surface area contributed by atoms with E-state index in [1.54, 1.807) is 23.8 Å². The number of benzene rings is 2. The molecule has 1 aliphatic rings. The Balaban J connectivity index is 1.71. The third-order valence-corrected chi connectivity index (χ3v) is 7.47. The number of halogens is 1. The van der Waals surface area contributed by atoms with E-state index in [-0.39, 0.29) is 17.9 Å². The van der Waals surface area contributed by atoms with Gasteiger partial charge < -0.3 is 15.0 Å². The first-order valence-corrected chi connectivity index (χ1v) is 13.6. The molecule has 7 heteroatoms. The Hall–Kier alpha value is -2.18. The van der Waals surface area contributed by atoms with Crippen LogP contribution >= 0.6 is 23.4 Å². The Bertz CT molecular complexity index is 932. The molecule has 0 unspecified atom stereocenters. The largest absolute Gasteiger partial charge is 0.497 e. The summed E-state index contributed by atoms with van der Waals surface area (Å²) in [5, 5.41) is 3.92.